The van der Waals surface area contributed by atoms with E-state index in [1.54, 1.807) is 0 Å². The lowest BCUT2D eigenvalue weighted by Crippen LogP contribution is -2.29. The van der Waals surface area contributed by atoms with Gasteiger partial charge in [-0.2, -0.15) is 13.2 Å². The van der Waals surface area contributed by atoms with Gasteiger partial charge in [0, 0.05) is 6.20 Å². The van der Waals surface area contributed by atoms with Crippen molar-refractivity contribution in [2.24, 2.45) is 0 Å². The number of pyridine rings is 1. The number of hydrogen-bond acceptors (Lipinski definition) is 4. The second kappa shape index (κ2) is 5.66. The van der Waals surface area contributed by atoms with Gasteiger partial charge in [0.2, 0.25) is 11.2 Å². The summed E-state index contributed by atoms with van der Waals surface area (Å²) < 4.78 is 81.4. The SMILES string of the molecule is CCOC(=O)c1c[nH]c(C(F)(F)F)c(OC(F)(F)F)c1=O. The molecular weight excluding hydrogens is 312 g/mol. The highest BCUT2D eigenvalue weighted by molar-refractivity contribution is 5.89. The van der Waals surface area contributed by atoms with Gasteiger partial charge in [-0.25, -0.2) is 4.79 Å². The molecule has 0 aliphatic heterocycles. The van der Waals surface area contributed by atoms with Crippen LogP contribution < -0.4 is 10.2 Å². The number of esters is 1. The molecule has 21 heavy (non-hydrogen) atoms. The normalized spacial score (nSPS) is 12.1. The van der Waals surface area contributed by atoms with E-state index in [-0.39, 0.29) is 6.61 Å². The summed E-state index contributed by atoms with van der Waals surface area (Å²) in [7, 11) is 0. The van der Waals surface area contributed by atoms with Gasteiger partial charge in [-0.15, -0.1) is 13.2 Å². The second-order valence-electron chi connectivity index (χ2n) is 3.50. The summed E-state index contributed by atoms with van der Waals surface area (Å²) in [6, 6.07) is 0. The largest absolute Gasteiger partial charge is 0.573 e. The molecule has 0 bridgehead atoms. The Morgan fingerprint density at radius 1 is 1.24 bits per heavy atom. The van der Waals surface area contributed by atoms with Crippen LogP contribution in [0.5, 0.6) is 5.75 Å². The molecule has 0 saturated heterocycles. The Hall–Kier alpha value is -2.20. The van der Waals surface area contributed by atoms with Crippen molar-refractivity contribution in [1.29, 1.82) is 0 Å². The van der Waals surface area contributed by atoms with Crippen LogP contribution in [0.4, 0.5) is 26.3 Å². The molecule has 1 aromatic heterocycles. The number of hydrogen-bond donors (Lipinski definition) is 1. The number of nitrogens with one attached hydrogen (secondary N) is 1. The van der Waals surface area contributed by atoms with Gasteiger partial charge < -0.3 is 14.5 Å². The maximum atomic E-state index is 12.6. The highest BCUT2D eigenvalue weighted by Crippen LogP contribution is 2.35. The minimum atomic E-state index is -5.54. The molecule has 0 fully saturated rings. The number of aromatic amines is 1. The molecule has 1 heterocycles. The first-order valence-corrected chi connectivity index (χ1v) is 5.23. The van der Waals surface area contributed by atoms with Crippen LogP contribution in [0.25, 0.3) is 0 Å². The number of carbonyl (C=O) groups excluding carboxylic acids is 1. The van der Waals surface area contributed by atoms with Crippen LogP contribution in [-0.2, 0) is 10.9 Å². The van der Waals surface area contributed by atoms with Crippen LogP contribution in [-0.4, -0.2) is 23.9 Å². The van der Waals surface area contributed by atoms with Gasteiger partial charge in [0.1, 0.15) is 5.56 Å². The standard InChI is InChI=1S/C10H7F6NO4/c1-2-20-8(19)4-3-17-7(9(11,12)13)6(5(4)18)21-10(14,15)16/h3H,2H2,1H3,(H,17,18). The third-order valence-corrected chi connectivity index (χ3v) is 2.04. The van der Waals surface area contributed by atoms with E-state index >= 15 is 0 Å². The van der Waals surface area contributed by atoms with Crippen molar-refractivity contribution in [1.82, 2.24) is 4.98 Å². The third kappa shape index (κ3) is 4.13. The summed E-state index contributed by atoms with van der Waals surface area (Å²) in [5.74, 6) is -3.44. The van der Waals surface area contributed by atoms with Crippen molar-refractivity contribution in [3.05, 3.63) is 27.7 Å². The van der Waals surface area contributed by atoms with Crippen molar-refractivity contribution < 1.29 is 40.6 Å². The molecule has 118 valence electrons. The Morgan fingerprint density at radius 3 is 2.24 bits per heavy atom. The predicted molar refractivity (Wildman–Crippen MR) is 54.7 cm³/mol. The fraction of sp³-hybridized carbons (Fsp3) is 0.400. The molecule has 0 aliphatic carbocycles. The average molecular weight is 319 g/mol. The van der Waals surface area contributed by atoms with E-state index in [0.29, 0.717) is 6.20 Å². The van der Waals surface area contributed by atoms with Gasteiger partial charge in [0.05, 0.1) is 6.61 Å². The zero-order valence-corrected chi connectivity index (χ0v) is 10.2. The fourth-order valence-corrected chi connectivity index (χ4v) is 1.30. The number of alkyl halides is 6. The first kappa shape index (κ1) is 16.9. The minimum absolute atomic E-state index is 0.227. The number of ether oxygens (including phenoxy) is 2. The second-order valence-corrected chi connectivity index (χ2v) is 3.50. The molecular formula is C10H7F6NO4. The Bertz CT molecular complexity index is 589. The molecule has 0 unspecified atom stereocenters. The van der Waals surface area contributed by atoms with Crippen LogP contribution in [0, 0.1) is 0 Å². The molecule has 1 aromatic rings. The maximum Gasteiger partial charge on any atom is 0.573 e. The van der Waals surface area contributed by atoms with E-state index in [9.17, 15) is 35.9 Å². The van der Waals surface area contributed by atoms with Crippen molar-refractivity contribution in [2.45, 2.75) is 19.5 Å². The summed E-state index contributed by atoms with van der Waals surface area (Å²) in [6.07, 6.45) is -10.5. The molecule has 1 N–H and O–H groups in total. The Balaban J connectivity index is 3.49. The zero-order chi connectivity index (χ0) is 16.4. The molecule has 0 aromatic carbocycles. The van der Waals surface area contributed by atoms with Crippen LogP contribution >= 0.6 is 0 Å². The van der Waals surface area contributed by atoms with Gasteiger partial charge in [0.15, 0.2) is 5.69 Å². The highest BCUT2D eigenvalue weighted by atomic mass is 19.4. The van der Waals surface area contributed by atoms with Gasteiger partial charge >= 0.3 is 18.5 Å². The van der Waals surface area contributed by atoms with E-state index < -0.39 is 40.9 Å². The van der Waals surface area contributed by atoms with E-state index in [4.69, 9.17) is 0 Å². The third-order valence-electron chi connectivity index (χ3n) is 2.04. The van der Waals surface area contributed by atoms with E-state index in [1.807, 2.05) is 0 Å². The first-order valence-electron chi connectivity index (χ1n) is 5.23. The monoisotopic (exact) mass is 319 g/mol. The van der Waals surface area contributed by atoms with Crippen LogP contribution in [0.1, 0.15) is 23.0 Å². The molecule has 0 amide bonds. The molecule has 0 saturated carbocycles. The van der Waals surface area contributed by atoms with Gasteiger partial charge in [-0.1, -0.05) is 0 Å². The average Bonchev–Trinajstić information content (AvgIpc) is 2.28. The fourth-order valence-electron chi connectivity index (χ4n) is 1.30. The van der Waals surface area contributed by atoms with E-state index in [2.05, 4.69) is 9.47 Å². The summed E-state index contributed by atoms with van der Waals surface area (Å²) in [5.41, 5.74) is -4.97. The van der Waals surface area contributed by atoms with E-state index in [1.165, 1.54) is 11.9 Å². The smallest absolute Gasteiger partial charge is 0.462 e. The van der Waals surface area contributed by atoms with Gasteiger partial charge in [-0.05, 0) is 6.92 Å². The van der Waals surface area contributed by atoms with Crippen molar-refractivity contribution in [3.63, 3.8) is 0 Å². The predicted octanol–water partition coefficient (Wildman–Crippen LogP) is 2.47. The number of halogens is 6. The number of carbonyl (C=O) groups is 1. The molecule has 1 rings (SSSR count). The van der Waals surface area contributed by atoms with Crippen molar-refractivity contribution in [3.8, 4) is 5.75 Å². The summed E-state index contributed by atoms with van der Waals surface area (Å²) >= 11 is 0. The van der Waals surface area contributed by atoms with Crippen molar-refractivity contribution >= 4 is 5.97 Å². The highest BCUT2D eigenvalue weighted by Gasteiger charge is 2.42. The molecule has 0 radical (unpaired) electrons. The summed E-state index contributed by atoms with van der Waals surface area (Å²) in [5, 5.41) is 0. The van der Waals surface area contributed by atoms with Gasteiger partial charge in [-0.3, -0.25) is 4.79 Å². The lowest BCUT2D eigenvalue weighted by molar-refractivity contribution is -0.277. The van der Waals surface area contributed by atoms with Crippen LogP contribution in [0.2, 0.25) is 0 Å². The maximum absolute atomic E-state index is 12.6. The van der Waals surface area contributed by atoms with E-state index in [0.717, 1.165) is 0 Å². The van der Waals surface area contributed by atoms with Gasteiger partial charge in [0.25, 0.3) is 0 Å². The minimum Gasteiger partial charge on any atom is -0.462 e. The van der Waals surface area contributed by atoms with Crippen LogP contribution in [0.15, 0.2) is 11.0 Å². The van der Waals surface area contributed by atoms with Crippen LogP contribution in [0.3, 0.4) is 0 Å². The quantitative estimate of drug-likeness (QED) is 0.686. The Labute approximate surface area is 112 Å². The number of aromatic nitrogens is 1. The Kier molecular flexibility index (Phi) is 4.54. The Morgan fingerprint density at radius 2 is 1.81 bits per heavy atom. The lowest BCUT2D eigenvalue weighted by atomic mass is 10.2. The zero-order valence-electron chi connectivity index (χ0n) is 10.2. The van der Waals surface area contributed by atoms with Crippen molar-refractivity contribution in [2.75, 3.05) is 6.61 Å². The summed E-state index contributed by atoms with van der Waals surface area (Å²) in [6.45, 7) is 1.11. The number of rotatable bonds is 3. The lowest BCUT2D eigenvalue weighted by Gasteiger charge is -2.15. The molecule has 5 nitrogen and oxygen atoms in total. The summed E-state index contributed by atoms with van der Waals surface area (Å²) in [4.78, 5) is 24.3. The first-order chi connectivity index (χ1) is 9.47. The number of H-pyrrole nitrogens is 1. The molecule has 11 heteroatoms. The molecule has 0 spiro atoms. The molecule has 0 atom stereocenters. The topological polar surface area (TPSA) is 68.4 Å². The molecule has 0 aliphatic rings.